The summed E-state index contributed by atoms with van der Waals surface area (Å²) in [6.07, 6.45) is 0. The first kappa shape index (κ1) is 19.5. The van der Waals surface area contributed by atoms with Crippen molar-refractivity contribution in [3.8, 4) is 0 Å². The fraction of sp³-hybridized carbons (Fsp3) is 0.400. The molecule has 1 saturated heterocycles. The summed E-state index contributed by atoms with van der Waals surface area (Å²) in [5.74, 6) is -3.68. The van der Waals surface area contributed by atoms with E-state index in [4.69, 9.17) is 10.3 Å². The molecule has 142 valence electrons. The van der Waals surface area contributed by atoms with Crippen molar-refractivity contribution in [1.82, 2.24) is 19.0 Å². The lowest BCUT2D eigenvalue weighted by atomic mass is 9.98. The minimum Gasteiger partial charge on any atom is -0.467 e. The van der Waals surface area contributed by atoms with Crippen LogP contribution in [0.4, 0.5) is 5.13 Å². The van der Waals surface area contributed by atoms with Crippen LogP contribution in [0.25, 0.3) is 0 Å². The summed E-state index contributed by atoms with van der Waals surface area (Å²) in [4.78, 5) is 44.2. The van der Waals surface area contributed by atoms with Crippen LogP contribution in [0.15, 0.2) is 5.16 Å². The molecule has 26 heavy (non-hydrogen) atoms. The van der Waals surface area contributed by atoms with Gasteiger partial charge < -0.3 is 20.6 Å². The van der Waals surface area contributed by atoms with E-state index in [9.17, 15) is 22.8 Å². The fourth-order valence-corrected chi connectivity index (χ4v) is 3.30. The van der Waals surface area contributed by atoms with Crippen molar-refractivity contribution in [2.24, 2.45) is 5.16 Å². The Hall–Kier alpha value is -2.85. The molecule has 1 fully saturated rings. The number of amides is 2. The Bertz CT molecular complexity index is 880. The van der Waals surface area contributed by atoms with Gasteiger partial charge in [0.25, 0.3) is 11.8 Å². The molecule has 0 bridgehead atoms. The number of carbonyl (C=O) groups excluding carboxylic acids is 3. The summed E-state index contributed by atoms with van der Waals surface area (Å²) >= 11 is 0.767. The van der Waals surface area contributed by atoms with Gasteiger partial charge >= 0.3 is 16.3 Å². The van der Waals surface area contributed by atoms with Gasteiger partial charge in [-0.05, 0) is 0 Å². The van der Waals surface area contributed by atoms with Gasteiger partial charge in [-0.2, -0.15) is 22.1 Å². The van der Waals surface area contributed by atoms with E-state index in [1.165, 1.54) is 0 Å². The SMILES string of the molecule is CON=C(C(=O)N[C@H]1C(=O)N(S(=O)(=O)O)[C@H]1C(=O)OC)c1nsc(N)n1. The highest BCUT2D eigenvalue weighted by molar-refractivity contribution is 7.84. The fourth-order valence-electron chi connectivity index (χ4n) is 2.03. The molecule has 2 atom stereocenters. The van der Waals surface area contributed by atoms with Crippen molar-refractivity contribution in [2.75, 3.05) is 20.0 Å². The van der Waals surface area contributed by atoms with E-state index < -0.39 is 45.9 Å². The van der Waals surface area contributed by atoms with Crippen molar-refractivity contribution in [2.45, 2.75) is 12.1 Å². The average molecular weight is 408 g/mol. The van der Waals surface area contributed by atoms with E-state index in [1.54, 1.807) is 0 Å². The number of rotatable bonds is 6. The number of nitrogens with zero attached hydrogens (tertiary/aromatic N) is 4. The smallest absolute Gasteiger partial charge is 0.363 e. The molecule has 0 aliphatic carbocycles. The molecule has 0 radical (unpaired) electrons. The summed E-state index contributed by atoms with van der Waals surface area (Å²) in [6.45, 7) is 0. The molecule has 0 spiro atoms. The molecule has 0 aromatic carbocycles. The molecule has 1 aromatic heterocycles. The summed E-state index contributed by atoms with van der Waals surface area (Å²) < 4.78 is 39.5. The third kappa shape index (κ3) is 3.55. The van der Waals surface area contributed by atoms with Gasteiger partial charge in [-0.1, -0.05) is 5.16 Å². The number of nitrogens with two attached hydrogens (primary N) is 1. The van der Waals surface area contributed by atoms with Crippen LogP contribution in [0.3, 0.4) is 0 Å². The molecule has 2 heterocycles. The number of aromatic nitrogens is 2. The van der Waals surface area contributed by atoms with Crippen LogP contribution >= 0.6 is 11.5 Å². The highest BCUT2D eigenvalue weighted by atomic mass is 32.2. The lowest BCUT2D eigenvalue weighted by Crippen LogP contribution is -2.74. The predicted molar refractivity (Wildman–Crippen MR) is 84.0 cm³/mol. The number of anilines is 1. The van der Waals surface area contributed by atoms with Gasteiger partial charge in [-0.25, -0.2) is 4.79 Å². The number of hydrogen-bond donors (Lipinski definition) is 3. The predicted octanol–water partition coefficient (Wildman–Crippen LogP) is -2.86. The second-order valence-corrected chi connectivity index (χ2v) is 6.68. The molecule has 4 N–H and O–H groups in total. The average Bonchev–Trinajstić information content (AvgIpc) is 2.98. The van der Waals surface area contributed by atoms with E-state index in [0.29, 0.717) is 0 Å². The number of carbonyl (C=O) groups is 3. The Labute approximate surface area is 150 Å². The first-order valence-corrected chi connectivity index (χ1v) is 8.69. The van der Waals surface area contributed by atoms with Crippen LogP contribution < -0.4 is 11.1 Å². The lowest BCUT2D eigenvalue weighted by Gasteiger charge is -2.41. The zero-order valence-electron chi connectivity index (χ0n) is 13.1. The van der Waals surface area contributed by atoms with Gasteiger partial charge in [0, 0.05) is 11.5 Å². The van der Waals surface area contributed by atoms with Crippen LogP contribution in [-0.4, -0.2) is 76.4 Å². The largest absolute Gasteiger partial charge is 0.467 e. The van der Waals surface area contributed by atoms with Crippen molar-refractivity contribution in [3.05, 3.63) is 5.82 Å². The maximum Gasteiger partial charge on any atom is 0.363 e. The topological polar surface area (TPSA) is 203 Å². The molecule has 2 amide bonds. The van der Waals surface area contributed by atoms with E-state index in [1.807, 2.05) is 0 Å². The molecule has 1 aliphatic heterocycles. The van der Waals surface area contributed by atoms with Gasteiger partial charge in [-0.15, -0.1) is 0 Å². The minimum atomic E-state index is -5.03. The van der Waals surface area contributed by atoms with Gasteiger partial charge in [0.1, 0.15) is 13.2 Å². The Kier molecular flexibility index (Phi) is 5.38. The van der Waals surface area contributed by atoms with Crippen LogP contribution in [0.2, 0.25) is 0 Å². The molecular formula is C10H12N6O8S2. The summed E-state index contributed by atoms with van der Waals surface area (Å²) in [5, 5.41) is 5.55. The minimum absolute atomic E-state index is 0.0290. The summed E-state index contributed by atoms with van der Waals surface area (Å²) in [5.41, 5.74) is 4.95. The third-order valence-electron chi connectivity index (χ3n) is 3.08. The Morgan fingerprint density at radius 1 is 1.42 bits per heavy atom. The first-order chi connectivity index (χ1) is 12.1. The van der Waals surface area contributed by atoms with Crippen LogP contribution in [0.5, 0.6) is 0 Å². The number of methoxy groups -OCH3 is 1. The lowest BCUT2D eigenvalue weighted by molar-refractivity contribution is -0.162. The number of nitrogen functional groups attached to an aromatic ring is 1. The highest BCUT2D eigenvalue weighted by Crippen LogP contribution is 2.24. The standard InChI is InChI=1S/C10H12N6O8S2/c1-23-9(19)5-3(8(18)16(5)26(20,21)22)12-7(17)4(14-24-2)6-13-10(11)25-15-6/h3,5H,1-2H3,(H,12,17)(H2,11,13,15)(H,20,21,22)/t3-,5-/m1/s1. The van der Waals surface area contributed by atoms with Crippen molar-refractivity contribution in [3.63, 3.8) is 0 Å². The van der Waals surface area contributed by atoms with Crippen LogP contribution in [0.1, 0.15) is 5.82 Å². The van der Waals surface area contributed by atoms with E-state index in [-0.39, 0.29) is 15.3 Å². The molecule has 1 aliphatic rings. The molecule has 0 unspecified atom stereocenters. The van der Waals surface area contributed by atoms with E-state index in [2.05, 4.69) is 29.4 Å². The maximum absolute atomic E-state index is 12.3. The van der Waals surface area contributed by atoms with Gasteiger partial charge in [-0.3, -0.25) is 14.1 Å². The molecule has 1 aromatic rings. The zero-order valence-corrected chi connectivity index (χ0v) is 14.8. The van der Waals surface area contributed by atoms with E-state index >= 15 is 0 Å². The monoisotopic (exact) mass is 408 g/mol. The number of ether oxygens (including phenoxy) is 1. The first-order valence-electron chi connectivity index (χ1n) is 6.52. The number of oxime groups is 1. The second-order valence-electron chi connectivity index (χ2n) is 4.61. The Balaban J connectivity index is 2.27. The normalized spacial score (nSPS) is 20.3. The molecule has 2 rings (SSSR count). The zero-order chi connectivity index (χ0) is 19.6. The molecule has 0 saturated carbocycles. The van der Waals surface area contributed by atoms with Gasteiger partial charge in [0.2, 0.25) is 11.5 Å². The van der Waals surface area contributed by atoms with E-state index in [0.717, 1.165) is 25.8 Å². The van der Waals surface area contributed by atoms with Gasteiger partial charge in [0.05, 0.1) is 7.11 Å². The number of β-lactam (4-membered cyclic amide) rings is 1. The highest BCUT2D eigenvalue weighted by Gasteiger charge is 2.58. The van der Waals surface area contributed by atoms with Gasteiger partial charge in [0.15, 0.2) is 11.2 Å². The summed E-state index contributed by atoms with van der Waals surface area (Å²) in [6, 6.07) is -3.42. The van der Waals surface area contributed by atoms with Crippen molar-refractivity contribution in [1.29, 1.82) is 0 Å². The number of esters is 1. The van der Waals surface area contributed by atoms with Crippen molar-refractivity contribution >= 4 is 50.5 Å². The molecule has 14 nitrogen and oxygen atoms in total. The molecule has 16 heteroatoms. The Morgan fingerprint density at radius 3 is 2.54 bits per heavy atom. The maximum atomic E-state index is 12.3. The number of nitrogens with one attached hydrogen (secondary N) is 1. The number of hydrogen-bond acceptors (Lipinski definition) is 12. The molecular weight excluding hydrogens is 396 g/mol. The van der Waals surface area contributed by atoms with Crippen LogP contribution in [-0.2, 0) is 34.3 Å². The summed E-state index contributed by atoms with van der Waals surface area (Å²) in [7, 11) is -2.96. The van der Waals surface area contributed by atoms with Crippen molar-refractivity contribution < 1.29 is 36.9 Å². The van der Waals surface area contributed by atoms with Crippen LogP contribution in [0, 0.1) is 0 Å². The second kappa shape index (κ2) is 7.18. The third-order valence-corrected chi connectivity index (χ3v) is 4.53. The Morgan fingerprint density at radius 2 is 2.08 bits per heavy atom. The quantitative estimate of drug-likeness (QED) is 0.143.